The molecule has 0 heterocycles. The molecule has 0 amide bonds. The Morgan fingerprint density at radius 3 is 2.67 bits per heavy atom. The van der Waals surface area contributed by atoms with Gasteiger partial charge in [0, 0.05) is 0 Å². The molecule has 1 unspecified atom stereocenters. The Hall–Kier alpha value is -0.0400. The van der Waals surface area contributed by atoms with Crippen LogP contribution in [0.15, 0.2) is 0 Å². The first-order valence-corrected chi connectivity index (χ1v) is 3.99. The van der Waals surface area contributed by atoms with E-state index < -0.39 is 0 Å². The highest BCUT2D eigenvalue weighted by molar-refractivity contribution is 4.81. The highest BCUT2D eigenvalue weighted by Gasteiger charge is 2.31. The molecule has 1 aliphatic rings. The van der Waals surface area contributed by atoms with E-state index in [1.54, 1.807) is 0 Å². The molecule has 1 fully saturated rings. The molecule has 0 aromatic rings. The maximum Gasteiger partial charge on any atom is -0.00518 e. The maximum absolute atomic E-state index is 3.17. The van der Waals surface area contributed by atoms with Gasteiger partial charge in [0.15, 0.2) is 0 Å². The lowest BCUT2D eigenvalue weighted by Gasteiger charge is -1.96. The van der Waals surface area contributed by atoms with Gasteiger partial charge in [-0.1, -0.05) is 6.92 Å². The third kappa shape index (κ3) is 2.35. The molecule has 1 heteroatoms. The summed E-state index contributed by atoms with van der Waals surface area (Å²) in [4.78, 5) is 0. The molecule has 54 valence electrons. The van der Waals surface area contributed by atoms with Crippen LogP contribution in [0.3, 0.4) is 0 Å². The Morgan fingerprint density at radius 2 is 2.22 bits per heavy atom. The lowest BCUT2D eigenvalue weighted by Crippen LogP contribution is -2.07. The minimum absolute atomic E-state index is 1.04. The molecule has 0 spiro atoms. The molecule has 1 N–H and O–H groups in total. The van der Waals surface area contributed by atoms with Crippen LogP contribution >= 0.6 is 0 Å². The van der Waals surface area contributed by atoms with E-state index in [2.05, 4.69) is 12.2 Å². The van der Waals surface area contributed by atoms with Gasteiger partial charge >= 0.3 is 0 Å². The summed E-state index contributed by atoms with van der Waals surface area (Å²) in [6.45, 7) is 3.55. The van der Waals surface area contributed by atoms with Crippen LogP contribution in [0.5, 0.6) is 0 Å². The van der Waals surface area contributed by atoms with Gasteiger partial charge in [-0.05, 0) is 44.7 Å². The van der Waals surface area contributed by atoms with E-state index in [1.165, 1.54) is 25.8 Å². The first-order valence-electron chi connectivity index (χ1n) is 3.99. The first-order chi connectivity index (χ1) is 4.34. The lowest BCUT2D eigenvalue weighted by molar-refractivity contribution is 0.605. The molecule has 0 radical (unpaired) electrons. The van der Waals surface area contributed by atoms with Gasteiger partial charge < -0.3 is 5.32 Å². The summed E-state index contributed by atoms with van der Waals surface area (Å²) in [5.74, 6) is 2.13. The van der Waals surface area contributed by atoms with E-state index >= 15 is 0 Å². The Labute approximate surface area is 57.8 Å². The zero-order valence-corrected chi connectivity index (χ0v) is 6.48. The highest BCUT2D eigenvalue weighted by atomic mass is 14.8. The van der Waals surface area contributed by atoms with E-state index in [0.717, 1.165) is 11.8 Å². The Bertz CT molecular complexity index is 80.6. The molecule has 1 nitrogen and oxygen atoms in total. The van der Waals surface area contributed by atoms with Gasteiger partial charge in [0.05, 0.1) is 0 Å². The van der Waals surface area contributed by atoms with Gasteiger partial charge in [-0.15, -0.1) is 0 Å². The lowest BCUT2D eigenvalue weighted by atomic mass is 10.2. The van der Waals surface area contributed by atoms with E-state index in [1.807, 2.05) is 7.05 Å². The van der Waals surface area contributed by atoms with Crippen LogP contribution in [-0.4, -0.2) is 13.6 Å². The van der Waals surface area contributed by atoms with Gasteiger partial charge in [-0.2, -0.15) is 0 Å². The third-order valence-electron chi connectivity index (χ3n) is 2.28. The molecule has 0 bridgehead atoms. The van der Waals surface area contributed by atoms with Crippen molar-refractivity contribution in [3.8, 4) is 0 Å². The molecular formula is C8H17N. The number of nitrogens with one attached hydrogen (secondary N) is 1. The van der Waals surface area contributed by atoms with Crippen molar-refractivity contribution in [2.45, 2.75) is 26.2 Å². The van der Waals surface area contributed by atoms with Crippen molar-refractivity contribution in [3.05, 3.63) is 0 Å². The molecular weight excluding hydrogens is 110 g/mol. The van der Waals surface area contributed by atoms with E-state index in [0.29, 0.717) is 0 Å². The molecule has 0 saturated heterocycles. The fraction of sp³-hybridized carbons (Fsp3) is 1.00. The normalized spacial score (nSPS) is 32.7. The van der Waals surface area contributed by atoms with Crippen LogP contribution in [0.1, 0.15) is 26.2 Å². The Kier molecular flexibility index (Phi) is 2.52. The molecule has 0 aliphatic heterocycles. The zero-order chi connectivity index (χ0) is 6.69. The summed E-state index contributed by atoms with van der Waals surface area (Å²) in [6, 6.07) is 0. The van der Waals surface area contributed by atoms with E-state index in [-0.39, 0.29) is 0 Å². The van der Waals surface area contributed by atoms with Crippen molar-refractivity contribution in [1.29, 1.82) is 0 Å². The van der Waals surface area contributed by atoms with Crippen LogP contribution in [0, 0.1) is 11.8 Å². The van der Waals surface area contributed by atoms with Crippen LogP contribution in [0.4, 0.5) is 0 Å². The molecule has 1 rings (SSSR count). The summed E-state index contributed by atoms with van der Waals surface area (Å²) < 4.78 is 0. The molecule has 0 aromatic heterocycles. The predicted octanol–water partition coefficient (Wildman–Crippen LogP) is 1.64. The highest BCUT2D eigenvalue weighted by Crippen LogP contribution is 2.40. The van der Waals surface area contributed by atoms with Gasteiger partial charge in [-0.25, -0.2) is 0 Å². The second-order valence-electron chi connectivity index (χ2n) is 3.22. The van der Waals surface area contributed by atoms with Crippen molar-refractivity contribution in [2.24, 2.45) is 11.8 Å². The summed E-state index contributed by atoms with van der Waals surface area (Å²) in [5, 5.41) is 3.17. The predicted molar refractivity (Wildman–Crippen MR) is 40.4 cm³/mol. The minimum atomic E-state index is 1.04. The SMILES string of the molecule is CNCCC[C@@H]1CC1C. The number of hydrogen-bond acceptors (Lipinski definition) is 1. The van der Waals surface area contributed by atoms with Gasteiger partial charge in [0.1, 0.15) is 0 Å². The quantitative estimate of drug-likeness (QED) is 0.566. The summed E-state index contributed by atoms with van der Waals surface area (Å²) >= 11 is 0. The summed E-state index contributed by atoms with van der Waals surface area (Å²) in [7, 11) is 2.02. The smallest absolute Gasteiger partial charge is 0.00518 e. The number of hydrogen-bond donors (Lipinski definition) is 1. The van der Waals surface area contributed by atoms with E-state index in [4.69, 9.17) is 0 Å². The van der Waals surface area contributed by atoms with Crippen molar-refractivity contribution in [3.63, 3.8) is 0 Å². The second-order valence-corrected chi connectivity index (χ2v) is 3.22. The fourth-order valence-corrected chi connectivity index (χ4v) is 1.34. The average molecular weight is 127 g/mol. The second kappa shape index (κ2) is 3.21. The van der Waals surface area contributed by atoms with Crippen LogP contribution < -0.4 is 5.32 Å². The monoisotopic (exact) mass is 127 g/mol. The standard InChI is InChI=1S/C8H17N/c1-7-6-8(7)4-3-5-9-2/h7-9H,3-6H2,1-2H3/t7?,8-/m1/s1. The van der Waals surface area contributed by atoms with Gasteiger partial charge in [-0.3, -0.25) is 0 Å². The maximum atomic E-state index is 3.17. The van der Waals surface area contributed by atoms with Crippen LogP contribution in [-0.2, 0) is 0 Å². The van der Waals surface area contributed by atoms with Crippen molar-refractivity contribution in [1.82, 2.24) is 5.32 Å². The van der Waals surface area contributed by atoms with E-state index in [9.17, 15) is 0 Å². The summed E-state index contributed by atoms with van der Waals surface area (Å²) in [6.07, 6.45) is 4.30. The third-order valence-corrected chi connectivity index (χ3v) is 2.28. The van der Waals surface area contributed by atoms with Gasteiger partial charge in [0.25, 0.3) is 0 Å². The molecule has 0 aromatic carbocycles. The molecule has 1 saturated carbocycles. The van der Waals surface area contributed by atoms with Crippen molar-refractivity contribution < 1.29 is 0 Å². The van der Waals surface area contributed by atoms with Gasteiger partial charge in [0.2, 0.25) is 0 Å². The van der Waals surface area contributed by atoms with Crippen LogP contribution in [0.25, 0.3) is 0 Å². The first kappa shape index (κ1) is 7.07. The number of rotatable bonds is 4. The molecule has 9 heavy (non-hydrogen) atoms. The average Bonchev–Trinajstić information content (AvgIpc) is 2.48. The minimum Gasteiger partial charge on any atom is -0.320 e. The van der Waals surface area contributed by atoms with Crippen molar-refractivity contribution in [2.75, 3.05) is 13.6 Å². The zero-order valence-electron chi connectivity index (χ0n) is 6.48. The molecule has 2 atom stereocenters. The Balaban J connectivity index is 1.83. The topological polar surface area (TPSA) is 12.0 Å². The Morgan fingerprint density at radius 1 is 1.56 bits per heavy atom. The largest absolute Gasteiger partial charge is 0.320 e. The molecule has 1 aliphatic carbocycles. The fourth-order valence-electron chi connectivity index (χ4n) is 1.34. The van der Waals surface area contributed by atoms with Crippen LogP contribution in [0.2, 0.25) is 0 Å². The van der Waals surface area contributed by atoms with Crippen molar-refractivity contribution >= 4 is 0 Å². The summed E-state index contributed by atoms with van der Waals surface area (Å²) in [5.41, 5.74) is 0.